The van der Waals surface area contributed by atoms with Crippen molar-refractivity contribution in [3.63, 3.8) is 0 Å². The highest BCUT2D eigenvalue weighted by Crippen LogP contribution is 2.30. The highest BCUT2D eigenvalue weighted by atomic mass is 127. The van der Waals surface area contributed by atoms with Gasteiger partial charge in [-0.15, -0.1) is 0 Å². The van der Waals surface area contributed by atoms with Crippen LogP contribution in [0.1, 0.15) is 12.5 Å². The number of nitrogens with two attached hydrogens (primary N) is 1. The third-order valence-corrected chi connectivity index (χ3v) is 3.31. The lowest BCUT2D eigenvalue weighted by Gasteiger charge is -2.13. The predicted molar refractivity (Wildman–Crippen MR) is 69.6 cm³/mol. The largest absolute Gasteiger partial charge is 0.497 e. The van der Waals surface area contributed by atoms with Crippen molar-refractivity contribution in [3.8, 4) is 11.5 Å². The minimum Gasteiger partial charge on any atom is -0.497 e. The van der Waals surface area contributed by atoms with Crippen molar-refractivity contribution in [1.29, 1.82) is 0 Å². The van der Waals surface area contributed by atoms with Gasteiger partial charge in [-0.25, -0.2) is 0 Å². The molecule has 1 atom stereocenters. The zero-order valence-electron chi connectivity index (χ0n) is 9.21. The fourth-order valence-electron chi connectivity index (χ4n) is 1.39. The third-order valence-electron chi connectivity index (χ3n) is 2.09. The summed E-state index contributed by atoms with van der Waals surface area (Å²) in [6, 6.07) is 4.02. The normalized spacial score (nSPS) is 12.3. The highest BCUT2D eigenvalue weighted by molar-refractivity contribution is 14.1. The van der Waals surface area contributed by atoms with Crippen LogP contribution < -0.4 is 15.2 Å². The van der Waals surface area contributed by atoms with Crippen molar-refractivity contribution < 1.29 is 9.47 Å². The highest BCUT2D eigenvalue weighted by Gasteiger charge is 2.10. The molecule has 0 radical (unpaired) electrons. The van der Waals surface area contributed by atoms with Crippen LogP contribution in [0.25, 0.3) is 0 Å². The maximum Gasteiger partial charge on any atom is 0.136 e. The smallest absolute Gasteiger partial charge is 0.136 e. The number of rotatable bonds is 4. The topological polar surface area (TPSA) is 44.5 Å². The molecule has 2 N–H and O–H groups in total. The number of halogens is 1. The Hall–Kier alpha value is -0.490. The van der Waals surface area contributed by atoms with Gasteiger partial charge in [0.15, 0.2) is 0 Å². The lowest BCUT2D eigenvalue weighted by Crippen LogP contribution is -2.18. The summed E-state index contributed by atoms with van der Waals surface area (Å²) in [4.78, 5) is 0. The summed E-state index contributed by atoms with van der Waals surface area (Å²) >= 11 is 2.27. The molecular formula is C11H16INO2. The fraction of sp³-hybridized carbons (Fsp3) is 0.455. The zero-order valence-corrected chi connectivity index (χ0v) is 11.4. The van der Waals surface area contributed by atoms with E-state index < -0.39 is 0 Å². The minimum absolute atomic E-state index is 0.135. The van der Waals surface area contributed by atoms with E-state index in [2.05, 4.69) is 22.6 Å². The Morgan fingerprint density at radius 1 is 1.33 bits per heavy atom. The molecule has 0 aliphatic carbocycles. The van der Waals surface area contributed by atoms with E-state index >= 15 is 0 Å². The van der Waals surface area contributed by atoms with Crippen molar-refractivity contribution in [2.45, 2.75) is 19.4 Å². The molecule has 0 fully saturated rings. The van der Waals surface area contributed by atoms with E-state index in [1.54, 1.807) is 14.2 Å². The Morgan fingerprint density at radius 3 is 2.47 bits per heavy atom. The van der Waals surface area contributed by atoms with E-state index in [-0.39, 0.29) is 6.04 Å². The molecule has 1 aromatic carbocycles. The molecule has 0 saturated heterocycles. The molecule has 0 spiro atoms. The van der Waals surface area contributed by atoms with Crippen LogP contribution in [0, 0.1) is 3.57 Å². The monoisotopic (exact) mass is 321 g/mol. The Kier molecular flexibility index (Phi) is 4.66. The van der Waals surface area contributed by atoms with Crippen LogP contribution >= 0.6 is 22.6 Å². The Bertz CT molecular complexity index is 340. The average Bonchev–Trinajstić information content (AvgIpc) is 2.20. The van der Waals surface area contributed by atoms with E-state index in [0.29, 0.717) is 0 Å². The van der Waals surface area contributed by atoms with Crippen LogP contribution in [0.3, 0.4) is 0 Å². The maximum atomic E-state index is 5.79. The molecule has 1 rings (SSSR count). The Balaban J connectivity index is 3.12. The van der Waals surface area contributed by atoms with Gasteiger partial charge in [0.1, 0.15) is 11.5 Å². The van der Waals surface area contributed by atoms with Crippen LogP contribution in [-0.4, -0.2) is 20.3 Å². The van der Waals surface area contributed by atoms with Crippen LogP contribution in [-0.2, 0) is 6.42 Å². The SMILES string of the molecule is COc1cc(C[C@@H](C)N)c(I)c(OC)c1. The van der Waals surface area contributed by atoms with Crippen molar-refractivity contribution in [2.24, 2.45) is 5.73 Å². The van der Waals surface area contributed by atoms with Gasteiger partial charge >= 0.3 is 0 Å². The van der Waals surface area contributed by atoms with Gasteiger partial charge in [0.05, 0.1) is 17.8 Å². The van der Waals surface area contributed by atoms with Gasteiger partial charge in [0.2, 0.25) is 0 Å². The molecule has 15 heavy (non-hydrogen) atoms. The summed E-state index contributed by atoms with van der Waals surface area (Å²) in [5.41, 5.74) is 6.96. The second-order valence-corrected chi connectivity index (χ2v) is 4.56. The molecule has 0 unspecified atom stereocenters. The van der Waals surface area contributed by atoms with Crippen molar-refractivity contribution >= 4 is 22.6 Å². The first kappa shape index (κ1) is 12.6. The lowest BCUT2D eigenvalue weighted by atomic mass is 10.1. The molecule has 1 aromatic rings. The van der Waals surface area contributed by atoms with Crippen LogP contribution in [0.2, 0.25) is 0 Å². The van der Waals surface area contributed by atoms with Gasteiger partial charge in [0, 0.05) is 12.1 Å². The lowest BCUT2D eigenvalue weighted by molar-refractivity contribution is 0.391. The summed E-state index contributed by atoms with van der Waals surface area (Å²) in [6.45, 7) is 1.99. The molecule has 0 heterocycles. The number of ether oxygens (including phenoxy) is 2. The van der Waals surface area contributed by atoms with Crippen molar-refractivity contribution in [3.05, 3.63) is 21.3 Å². The van der Waals surface area contributed by atoms with Crippen LogP contribution in [0.5, 0.6) is 11.5 Å². The molecule has 3 nitrogen and oxygen atoms in total. The first-order chi connectivity index (χ1) is 7.08. The van der Waals surface area contributed by atoms with Gasteiger partial charge in [-0.3, -0.25) is 0 Å². The summed E-state index contributed by atoms with van der Waals surface area (Å²) < 4.78 is 11.6. The molecule has 0 aliphatic heterocycles. The summed E-state index contributed by atoms with van der Waals surface area (Å²) in [7, 11) is 3.31. The van der Waals surface area contributed by atoms with Gasteiger partial charge in [-0.05, 0) is 47.6 Å². The Morgan fingerprint density at radius 2 is 2.00 bits per heavy atom. The second-order valence-electron chi connectivity index (χ2n) is 3.48. The number of hydrogen-bond donors (Lipinski definition) is 1. The van der Waals surface area contributed by atoms with Crippen molar-refractivity contribution in [2.75, 3.05) is 14.2 Å². The quantitative estimate of drug-likeness (QED) is 0.865. The molecule has 0 aromatic heterocycles. The average molecular weight is 321 g/mol. The molecular weight excluding hydrogens is 305 g/mol. The van der Waals surface area contributed by atoms with Gasteiger partial charge in [-0.2, -0.15) is 0 Å². The van der Waals surface area contributed by atoms with Crippen LogP contribution in [0.15, 0.2) is 12.1 Å². The van der Waals surface area contributed by atoms with E-state index in [1.807, 2.05) is 19.1 Å². The summed E-state index contributed by atoms with van der Waals surface area (Å²) in [5.74, 6) is 1.65. The van der Waals surface area contributed by atoms with E-state index in [4.69, 9.17) is 15.2 Å². The minimum atomic E-state index is 0.135. The third kappa shape index (κ3) is 3.24. The van der Waals surface area contributed by atoms with E-state index in [9.17, 15) is 0 Å². The van der Waals surface area contributed by atoms with Crippen molar-refractivity contribution in [1.82, 2.24) is 0 Å². The fourth-order valence-corrected chi connectivity index (χ4v) is 2.14. The van der Waals surface area contributed by atoms with Gasteiger partial charge in [-0.1, -0.05) is 0 Å². The first-order valence-electron chi connectivity index (χ1n) is 4.74. The molecule has 0 bridgehead atoms. The van der Waals surface area contributed by atoms with Gasteiger partial charge in [0.25, 0.3) is 0 Å². The molecule has 4 heteroatoms. The molecule has 0 aliphatic rings. The summed E-state index contributed by atoms with van der Waals surface area (Å²) in [6.07, 6.45) is 0.825. The van der Waals surface area contributed by atoms with Gasteiger partial charge < -0.3 is 15.2 Å². The van der Waals surface area contributed by atoms with Crippen LogP contribution in [0.4, 0.5) is 0 Å². The standard InChI is InChI=1S/C11H16INO2/c1-7(13)4-8-5-9(14-2)6-10(15-3)11(8)12/h5-7H,4,13H2,1-3H3/t7-/m1/s1. The number of benzene rings is 1. The summed E-state index contributed by atoms with van der Waals surface area (Å²) in [5, 5.41) is 0. The number of hydrogen-bond acceptors (Lipinski definition) is 3. The maximum absolute atomic E-state index is 5.79. The molecule has 84 valence electrons. The van der Waals surface area contributed by atoms with E-state index in [0.717, 1.165) is 21.5 Å². The first-order valence-corrected chi connectivity index (χ1v) is 5.82. The van der Waals surface area contributed by atoms with E-state index in [1.165, 1.54) is 5.56 Å². The predicted octanol–water partition coefficient (Wildman–Crippen LogP) is 2.20. The second kappa shape index (κ2) is 5.55. The molecule has 0 saturated carbocycles. The zero-order chi connectivity index (χ0) is 11.4. The Labute approximate surface area is 104 Å². The molecule has 0 amide bonds. The number of methoxy groups -OCH3 is 2.